The van der Waals surface area contributed by atoms with Crippen LogP contribution in [0.15, 0.2) is 0 Å². The molecule has 8 nitrogen and oxygen atoms in total. The van der Waals surface area contributed by atoms with Crippen LogP contribution in [0, 0.1) is 0 Å². The Labute approximate surface area is 129 Å². The highest BCUT2D eigenvalue weighted by Crippen LogP contribution is 2.69. The van der Waals surface area contributed by atoms with Crippen LogP contribution in [0.5, 0.6) is 0 Å². The first-order chi connectivity index (χ1) is 8.27. The fraction of sp³-hybridized carbons (Fsp3) is 1.00. The van der Waals surface area contributed by atoms with Gasteiger partial charge < -0.3 is 41.6 Å². The van der Waals surface area contributed by atoms with Gasteiger partial charge in [-0.15, -0.1) is 0 Å². The third-order valence-electron chi connectivity index (χ3n) is 2.91. The molecule has 0 atom stereocenters. The van der Waals surface area contributed by atoms with Crippen molar-refractivity contribution in [3.8, 4) is 0 Å². The maximum Gasteiger partial charge on any atom is 0.369 e. The first kappa shape index (κ1) is 23.1. The standard InChI is InChI=1S/C8H21NO7P2S.ClH/c1-9(2,6-7-19)5-3-4-8(10,17(11,12)13)18(14,15)16;/h10H,3-7H2,1-2H3,(H4-,11,12,13,14,15,16,19);1H. The van der Waals surface area contributed by atoms with Gasteiger partial charge >= 0.3 is 15.2 Å². The first-order valence-electron chi connectivity index (χ1n) is 5.53. The summed E-state index contributed by atoms with van der Waals surface area (Å²) in [6.07, 6.45) is -0.608. The molecule has 0 aliphatic rings. The highest BCUT2D eigenvalue weighted by molar-refractivity contribution is 7.80. The number of halogens is 1. The van der Waals surface area contributed by atoms with Crippen molar-refractivity contribution in [1.82, 2.24) is 0 Å². The first-order valence-corrected chi connectivity index (χ1v) is 9.39. The summed E-state index contributed by atoms with van der Waals surface area (Å²) >= 11 is 4.07. The number of aliphatic hydroxyl groups is 1. The Morgan fingerprint density at radius 2 is 1.45 bits per heavy atom. The molecule has 12 heteroatoms. The van der Waals surface area contributed by atoms with Gasteiger partial charge in [-0.3, -0.25) is 9.13 Å². The molecule has 0 aliphatic heterocycles. The van der Waals surface area contributed by atoms with Gasteiger partial charge in [0, 0.05) is 18.6 Å². The van der Waals surface area contributed by atoms with Gasteiger partial charge in [0.2, 0.25) is 0 Å². The topological polar surface area (TPSA) is 135 Å². The van der Waals surface area contributed by atoms with Crippen LogP contribution in [0.2, 0.25) is 0 Å². The van der Waals surface area contributed by atoms with E-state index in [2.05, 4.69) is 12.6 Å². The fourth-order valence-corrected chi connectivity index (χ4v) is 4.39. The minimum Gasteiger partial charge on any atom is -1.00 e. The van der Waals surface area contributed by atoms with Crippen molar-refractivity contribution >= 4 is 27.8 Å². The van der Waals surface area contributed by atoms with E-state index < -0.39 is 26.7 Å². The molecule has 0 saturated carbocycles. The predicted octanol–water partition coefficient (Wildman–Crippen LogP) is -3.22. The maximum absolute atomic E-state index is 11.1. The average Bonchev–Trinajstić information content (AvgIpc) is 2.13. The summed E-state index contributed by atoms with van der Waals surface area (Å²) in [5, 5.41) is 6.36. The summed E-state index contributed by atoms with van der Waals surface area (Å²) in [5.74, 6) is 0.605. The predicted molar refractivity (Wildman–Crippen MR) is 74.0 cm³/mol. The fourth-order valence-electron chi connectivity index (χ4n) is 1.59. The van der Waals surface area contributed by atoms with Gasteiger partial charge in [-0.05, 0) is 0 Å². The molecule has 0 aromatic carbocycles. The van der Waals surface area contributed by atoms with E-state index in [1.165, 1.54) is 0 Å². The zero-order valence-corrected chi connectivity index (χ0v) is 14.7. The third-order valence-corrected chi connectivity index (χ3v) is 6.99. The number of rotatable bonds is 8. The van der Waals surface area contributed by atoms with Gasteiger partial charge in [0.25, 0.3) is 5.08 Å². The summed E-state index contributed by atoms with van der Waals surface area (Å²) in [4.78, 5) is 35.8. The van der Waals surface area contributed by atoms with Gasteiger partial charge in [-0.1, -0.05) is 0 Å². The molecule has 0 saturated heterocycles. The van der Waals surface area contributed by atoms with E-state index in [0.717, 1.165) is 0 Å². The molecule has 0 aromatic rings. The number of nitrogens with zero attached hydrogens (tertiary/aromatic N) is 1. The number of thiol groups is 1. The zero-order chi connectivity index (χ0) is 15.5. The second-order valence-electron chi connectivity index (χ2n) is 5.07. The van der Waals surface area contributed by atoms with Crippen LogP contribution in [0.1, 0.15) is 12.8 Å². The van der Waals surface area contributed by atoms with Crippen molar-refractivity contribution in [1.29, 1.82) is 0 Å². The molecule has 5 N–H and O–H groups in total. The number of hydrogen-bond acceptors (Lipinski definition) is 4. The van der Waals surface area contributed by atoms with Crippen molar-refractivity contribution in [2.45, 2.75) is 17.9 Å². The highest BCUT2D eigenvalue weighted by Gasteiger charge is 2.58. The normalized spacial score (nSPS) is 14.0. The Balaban J connectivity index is 0. The highest BCUT2D eigenvalue weighted by atomic mass is 35.5. The summed E-state index contributed by atoms with van der Waals surface area (Å²) < 4.78 is 22.7. The molecule has 0 heterocycles. The molecule has 0 fully saturated rings. The minimum atomic E-state index is -5.34. The van der Waals surface area contributed by atoms with Gasteiger partial charge in [0.05, 0.1) is 27.2 Å². The van der Waals surface area contributed by atoms with Gasteiger partial charge in [-0.25, -0.2) is 0 Å². The molecule has 0 bridgehead atoms. The summed E-state index contributed by atoms with van der Waals surface area (Å²) in [6, 6.07) is 0. The Morgan fingerprint density at radius 3 is 1.75 bits per heavy atom. The second kappa shape index (κ2) is 7.92. The van der Waals surface area contributed by atoms with Crippen LogP contribution in [0.3, 0.4) is 0 Å². The summed E-state index contributed by atoms with van der Waals surface area (Å²) in [5.41, 5.74) is 0. The van der Waals surface area contributed by atoms with E-state index in [9.17, 15) is 14.2 Å². The van der Waals surface area contributed by atoms with E-state index in [0.29, 0.717) is 23.3 Å². The van der Waals surface area contributed by atoms with E-state index in [1.54, 1.807) is 0 Å². The quantitative estimate of drug-likeness (QED) is 0.150. The molecule has 0 amide bonds. The van der Waals surface area contributed by atoms with Crippen LogP contribution >= 0.6 is 27.8 Å². The SMILES string of the molecule is C[N+](C)(CCS)CCCC(O)(P(=O)(O)O)P(=O)(O)O.[Cl-]. The summed E-state index contributed by atoms with van der Waals surface area (Å²) in [6.45, 7) is 1.09. The Bertz CT molecular complexity index is 374. The molecule has 0 spiro atoms. The largest absolute Gasteiger partial charge is 1.00 e. The lowest BCUT2D eigenvalue weighted by Gasteiger charge is -2.32. The minimum absolute atomic E-state index is 0. The summed E-state index contributed by atoms with van der Waals surface area (Å²) in [7, 11) is -6.97. The molecule has 124 valence electrons. The molecule has 0 aromatic heterocycles. The monoisotopic (exact) mass is 373 g/mol. The molecular formula is C8H22ClNO7P2S. The lowest BCUT2D eigenvalue weighted by molar-refractivity contribution is -0.888. The Kier molecular flexibility index (Phi) is 9.16. The molecule has 0 rings (SSSR count). The van der Waals surface area contributed by atoms with Crippen molar-refractivity contribution in [3.63, 3.8) is 0 Å². The van der Waals surface area contributed by atoms with Crippen LogP contribution in [0.4, 0.5) is 0 Å². The molecule has 0 radical (unpaired) electrons. The van der Waals surface area contributed by atoms with Crippen molar-refractivity contribution in [2.75, 3.05) is 32.9 Å². The van der Waals surface area contributed by atoms with E-state index in [1.807, 2.05) is 14.1 Å². The van der Waals surface area contributed by atoms with Crippen molar-refractivity contribution < 1.29 is 50.7 Å². The Morgan fingerprint density at radius 1 is 1.05 bits per heavy atom. The van der Waals surface area contributed by atoms with Gasteiger partial charge in [0.15, 0.2) is 0 Å². The van der Waals surface area contributed by atoms with Gasteiger partial charge in [0.1, 0.15) is 0 Å². The lowest BCUT2D eigenvalue weighted by Crippen LogP contribution is -3.00. The second-order valence-corrected chi connectivity index (χ2v) is 9.53. The number of hydrogen-bond donors (Lipinski definition) is 6. The smallest absolute Gasteiger partial charge is 0.369 e. The molecule has 20 heavy (non-hydrogen) atoms. The van der Waals surface area contributed by atoms with E-state index in [4.69, 9.17) is 19.6 Å². The van der Waals surface area contributed by atoms with Crippen molar-refractivity contribution in [2.24, 2.45) is 0 Å². The number of quaternary nitrogens is 1. The van der Waals surface area contributed by atoms with Crippen LogP contribution in [0.25, 0.3) is 0 Å². The van der Waals surface area contributed by atoms with Crippen LogP contribution in [-0.4, -0.2) is 67.2 Å². The van der Waals surface area contributed by atoms with Gasteiger partial charge in [-0.2, -0.15) is 12.6 Å². The third kappa shape index (κ3) is 6.32. The lowest BCUT2D eigenvalue weighted by atomic mass is 10.3. The average molecular weight is 374 g/mol. The molecule has 0 unspecified atom stereocenters. The van der Waals surface area contributed by atoms with Crippen molar-refractivity contribution in [3.05, 3.63) is 0 Å². The zero-order valence-electron chi connectivity index (χ0n) is 11.3. The van der Waals surface area contributed by atoms with Crippen LogP contribution in [-0.2, 0) is 9.13 Å². The maximum atomic E-state index is 11.1. The van der Waals surface area contributed by atoms with E-state index in [-0.39, 0.29) is 18.8 Å². The molecule has 0 aliphatic carbocycles. The molecular weight excluding hydrogens is 352 g/mol. The van der Waals surface area contributed by atoms with E-state index >= 15 is 0 Å². The van der Waals surface area contributed by atoms with Crippen LogP contribution < -0.4 is 12.4 Å². The Hall–Kier alpha value is 0.860.